The number of benzene rings is 1. The molecule has 1 aromatic carbocycles. The van der Waals surface area contributed by atoms with Crippen LogP contribution in [0.3, 0.4) is 0 Å². The summed E-state index contributed by atoms with van der Waals surface area (Å²) >= 11 is 0. The van der Waals surface area contributed by atoms with Gasteiger partial charge in [-0.2, -0.15) is 0 Å². The minimum Gasteiger partial charge on any atom is -0.463 e. The Hall–Kier alpha value is -3.92. The monoisotopic (exact) mass is 464 g/mol. The van der Waals surface area contributed by atoms with Crippen LogP contribution in [0.2, 0.25) is 0 Å². The number of ether oxygens (including phenoxy) is 2. The first kappa shape index (κ1) is 21.9. The maximum atomic E-state index is 12.9. The predicted octanol–water partition coefficient (Wildman–Crippen LogP) is 3.15. The summed E-state index contributed by atoms with van der Waals surface area (Å²) in [6.07, 6.45) is 6.92. The Kier molecular flexibility index (Phi) is 5.45. The fraction of sp³-hybridized carbons (Fsp3) is 0.292. The van der Waals surface area contributed by atoms with Gasteiger partial charge in [-0.1, -0.05) is 12.1 Å². The van der Waals surface area contributed by atoms with E-state index in [1.165, 1.54) is 18.6 Å². The molecule has 1 fully saturated rings. The highest BCUT2D eigenvalue weighted by Gasteiger charge is 2.53. The number of esters is 1. The van der Waals surface area contributed by atoms with E-state index in [2.05, 4.69) is 20.3 Å². The van der Waals surface area contributed by atoms with E-state index in [0.717, 1.165) is 11.1 Å². The highest BCUT2D eigenvalue weighted by atomic mass is 19.1. The smallest absolute Gasteiger partial charge is 0.341 e. The zero-order valence-electron chi connectivity index (χ0n) is 18.0. The number of carbonyl (C=O) groups is 2. The van der Waals surface area contributed by atoms with Gasteiger partial charge in [0.25, 0.3) is 5.91 Å². The average Bonchev–Trinajstić information content (AvgIpc) is 3.14. The van der Waals surface area contributed by atoms with Crippen LogP contribution in [-0.2, 0) is 15.1 Å². The highest BCUT2D eigenvalue weighted by molar-refractivity contribution is 5.96. The van der Waals surface area contributed by atoms with E-state index < -0.39 is 29.9 Å². The molecule has 1 aliphatic heterocycles. The van der Waals surface area contributed by atoms with Crippen LogP contribution in [0.25, 0.3) is 11.1 Å². The predicted molar refractivity (Wildman–Crippen MR) is 117 cm³/mol. The number of halogens is 1. The first-order valence-electron chi connectivity index (χ1n) is 10.8. The van der Waals surface area contributed by atoms with Gasteiger partial charge >= 0.3 is 5.97 Å². The number of hydrogen-bond donors (Lipinski definition) is 2. The van der Waals surface area contributed by atoms with E-state index in [1.807, 2.05) is 0 Å². The molecule has 0 atom stereocenters. The van der Waals surface area contributed by atoms with E-state index >= 15 is 0 Å². The van der Waals surface area contributed by atoms with Crippen molar-refractivity contribution in [3.8, 4) is 16.9 Å². The Morgan fingerprint density at radius 2 is 1.88 bits per heavy atom. The molecule has 9 nitrogen and oxygen atoms in total. The van der Waals surface area contributed by atoms with Gasteiger partial charge in [0.05, 0.1) is 5.56 Å². The fourth-order valence-electron chi connectivity index (χ4n) is 4.50. The average molecular weight is 464 g/mol. The van der Waals surface area contributed by atoms with E-state index in [1.54, 1.807) is 36.5 Å². The number of nitrogens with one attached hydrogen (secondary N) is 1. The molecule has 1 amide bonds. The molecule has 0 bridgehead atoms. The van der Waals surface area contributed by atoms with Gasteiger partial charge in [0.1, 0.15) is 17.0 Å². The second-order valence-electron chi connectivity index (χ2n) is 8.37. The molecule has 1 saturated carbocycles. The molecular formula is C24H21FN4O5. The molecule has 1 spiro atoms. The van der Waals surface area contributed by atoms with Crippen molar-refractivity contribution in [1.29, 1.82) is 0 Å². The summed E-state index contributed by atoms with van der Waals surface area (Å²) in [4.78, 5) is 37.4. The number of amides is 1. The molecule has 0 saturated heterocycles. The van der Waals surface area contributed by atoms with Crippen molar-refractivity contribution in [1.82, 2.24) is 15.0 Å². The van der Waals surface area contributed by atoms with E-state index in [0.29, 0.717) is 29.7 Å². The molecule has 3 heterocycles. The molecule has 34 heavy (non-hydrogen) atoms. The third-order valence-corrected chi connectivity index (χ3v) is 6.39. The molecule has 5 rings (SSSR count). The SMILES string of the molecule is O=C1OC2(CCC(O)(C(=O)Nc3ncc(-c4cccc(OCF)c4)cn3)CC2)c2ccncc21. The number of fused-ring (bicyclic) bond motifs is 2. The molecule has 174 valence electrons. The lowest BCUT2D eigenvalue weighted by atomic mass is 9.72. The van der Waals surface area contributed by atoms with Crippen LogP contribution in [0.5, 0.6) is 5.75 Å². The number of rotatable bonds is 5. The number of aliphatic hydroxyl groups is 1. The second kappa shape index (κ2) is 8.45. The van der Waals surface area contributed by atoms with Crippen molar-refractivity contribution in [2.45, 2.75) is 36.9 Å². The highest BCUT2D eigenvalue weighted by Crippen LogP contribution is 2.49. The van der Waals surface area contributed by atoms with E-state index in [4.69, 9.17) is 9.47 Å². The summed E-state index contributed by atoms with van der Waals surface area (Å²) < 4.78 is 22.9. The van der Waals surface area contributed by atoms with Crippen molar-refractivity contribution in [2.75, 3.05) is 12.2 Å². The van der Waals surface area contributed by atoms with Crippen molar-refractivity contribution in [3.05, 3.63) is 66.2 Å². The van der Waals surface area contributed by atoms with Crippen LogP contribution >= 0.6 is 0 Å². The van der Waals surface area contributed by atoms with Crippen LogP contribution in [0.4, 0.5) is 10.3 Å². The van der Waals surface area contributed by atoms with Gasteiger partial charge in [0, 0.05) is 35.9 Å². The molecular weight excluding hydrogens is 443 g/mol. The molecule has 0 unspecified atom stereocenters. The molecule has 2 aliphatic rings. The molecule has 0 radical (unpaired) electrons. The number of carbonyl (C=O) groups excluding carboxylic acids is 2. The minimum atomic E-state index is -1.65. The van der Waals surface area contributed by atoms with Crippen molar-refractivity contribution >= 4 is 17.8 Å². The molecule has 3 aromatic rings. The number of pyridine rings is 1. The van der Waals surface area contributed by atoms with E-state index in [-0.39, 0.29) is 18.8 Å². The first-order chi connectivity index (χ1) is 16.4. The summed E-state index contributed by atoms with van der Waals surface area (Å²) in [5.41, 5.74) is 0.0505. The van der Waals surface area contributed by atoms with Crippen molar-refractivity contribution in [3.63, 3.8) is 0 Å². The topological polar surface area (TPSA) is 124 Å². The largest absolute Gasteiger partial charge is 0.463 e. The van der Waals surface area contributed by atoms with Crippen molar-refractivity contribution < 1.29 is 28.6 Å². The van der Waals surface area contributed by atoms with Crippen LogP contribution in [0, 0.1) is 0 Å². The number of aromatic nitrogens is 3. The Balaban J connectivity index is 1.26. The van der Waals surface area contributed by atoms with Crippen LogP contribution in [0.1, 0.15) is 41.6 Å². The first-order valence-corrected chi connectivity index (χ1v) is 10.8. The zero-order valence-corrected chi connectivity index (χ0v) is 18.0. The number of anilines is 1. The third kappa shape index (κ3) is 3.86. The number of hydrogen-bond acceptors (Lipinski definition) is 8. The quantitative estimate of drug-likeness (QED) is 0.552. The number of alkyl halides is 1. The van der Waals surface area contributed by atoms with Gasteiger partial charge in [-0.05, 0) is 49.4 Å². The maximum absolute atomic E-state index is 12.9. The van der Waals surface area contributed by atoms with Gasteiger partial charge in [0.15, 0.2) is 0 Å². The summed E-state index contributed by atoms with van der Waals surface area (Å²) in [6, 6.07) is 8.56. The summed E-state index contributed by atoms with van der Waals surface area (Å²) in [7, 11) is 0. The van der Waals surface area contributed by atoms with Crippen LogP contribution < -0.4 is 10.1 Å². The lowest BCUT2D eigenvalue weighted by molar-refractivity contribution is -0.144. The van der Waals surface area contributed by atoms with Gasteiger partial charge in [-0.3, -0.25) is 15.1 Å². The normalized spacial score (nSPS) is 23.3. The molecule has 1 aliphatic carbocycles. The Morgan fingerprint density at radius 1 is 1.12 bits per heavy atom. The Labute approximate surface area is 194 Å². The van der Waals surface area contributed by atoms with Crippen LogP contribution in [-0.4, -0.2) is 44.4 Å². The molecule has 10 heteroatoms. The van der Waals surface area contributed by atoms with Crippen LogP contribution in [0.15, 0.2) is 55.1 Å². The van der Waals surface area contributed by atoms with Gasteiger partial charge in [-0.15, -0.1) is 0 Å². The zero-order chi connectivity index (χ0) is 23.8. The minimum absolute atomic E-state index is 0.0438. The Morgan fingerprint density at radius 3 is 2.62 bits per heavy atom. The summed E-state index contributed by atoms with van der Waals surface area (Å²) in [5, 5.41) is 13.6. The van der Waals surface area contributed by atoms with E-state index in [9.17, 15) is 19.1 Å². The lowest BCUT2D eigenvalue weighted by Gasteiger charge is -2.40. The summed E-state index contributed by atoms with van der Waals surface area (Å²) in [6.45, 7) is -0.929. The van der Waals surface area contributed by atoms with Crippen molar-refractivity contribution in [2.24, 2.45) is 0 Å². The third-order valence-electron chi connectivity index (χ3n) is 6.39. The fourth-order valence-corrected chi connectivity index (χ4v) is 4.50. The van der Waals surface area contributed by atoms with Gasteiger partial charge in [-0.25, -0.2) is 19.2 Å². The molecule has 2 aromatic heterocycles. The second-order valence-corrected chi connectivity index (χ2v) is 8.37. The number of nitrogens with zero attached hydrogens (tertiary/aromatic N) is 3. The maximum Gasteiger partial charge on any atom is 0.341 e. The van der Waals surface area contributed by atoms with Gasteiger partial charge in [0.2, 0.25) is 12.8 Å². The summed E-state index contributed by atoms with van der Waals surface area (Å²) in [5.74, 6) is -0.634. The standard InChI is InChI=1S/C24H21FN4O5/c25-14-33-17-3-1-2-15(10-17)16-11-27-22(28-12-16)29-21(31)23(32)5-7-24(8-6-23)19-4-9-26-13-18(19)20(30)34-24/h1-4,9-13,32H,5-8,14H2,(H,27,28,29,31). The molecule has 2 N–H and O–H groups in total. The lowest BCUT2D eigenvalue weighted by Crippen LogP contribution is -2.49. The van der Waals surface area contributed by atoms with Gasteiger partial charge < -0.3 is 14.6 Å². The Bertz CT molecular complexity index is 1240.